The SMILES string of the molecule is CN(CC(C)(C)CN)C(=O)Cc1ccc([N+](=O)[O-])cc1. The average molecular weight is 279 g/mol. The fourth-order valence-electron chi connectivity index (χ4n) is 1.84. The van der Waals surface area contributed by atoms with Gasteiger partial charge in [-0.1, -0.05) is 26.0 Å². The number of rotatable bonds is 6. The van der Waals surface area contributed by atoms with E-state index in [0.717, 1.165) is 5.56 Å². The molecule has 6 nitrogen and oxygen atoms in total. The minimum absolute atomic E-state index is 0.0267. The number of nitrogens with two attached hydrogens (primary N) is 1. The molecule has 0 unspecified atom stereocenters. The van der Waals surface area contributed by atoms with Crippen molar-refractivity contribution < 1.29 is 9.72 Å². The summed E-state index contributed by atoms with van der Waals surface area (Å²) in [5.41, 5.74) is 6.31. The number of hydrogen-bond donors (Lipinski definition) is 1. The van der Waals surface area contributed by atoms with Crippen molar-refractivity contribution in [3.63, 3.8) is 0 Å². The summed E-state index contributed by atoms with van der Waals surface area (Å²) in [6.07, 6.45) is 0.231. The lowest BCUT2D eigenvalue weighted by Crippen LogP contribution is -2.40. The highest BCUT2D eigenvalue weighted by Crippen LogP contribution is 2.16. The van der Waals surface area contributed by atoms with Crippen LogP contribution in [0.2, 0.25) is 0 Å². The van der Waals surface area contributed by atoms with Gasteiger partial charge in [-0.3, -0.25) is 14.9 Å². The first-order valence-corrected chi connectivity index (χ1v) is 6.42. The fourth-order valence-corrected chi connectivity index (χ4v) is 1.84. The van der Waals surface area contributed by atoms with Crippen LogP contribution in [-0.4, -0.2) is 35.9 Å². The van der Waals surface area contributed by atoms with E-state index in [9.17, 15) is 14.9 Å². The van der Waals surface area contributed by atoms with Gasteiger partial charge in [0.15, 0.2) is 0 Å². The normalized spacial score (nSPS) is 11.2. The van der Waals surface area contributed by atoms with Gasteiger partial charge >= 0.3 is 0 Å². The number of likely N-dealkylation sites (N-methyl/N-ethyl adjacent to an activating group) is 1. The van der Waals surface area contributed by atoms with E-state index < -0.39 is 4.92 Å². The minimum atomic E-state index is -0.457. The lowest BCUT2D eigenvalue weighted by Gasteiger charge is -2.29. The molecular formula is C14H21N3O3. The number of carbonyl (C=O) groups is 1. The summed E-state index contributed by atoms with van der Waals surface area (Å²) in [6.45, 7) is 5.09. The Morgan fingerprint density at radius 2 is 1.90 bits per heavy atom. The molecule has 0 aliphatic rings. The van der Waals surface area contributed by atoms with Crippen LogP contribution in [0.1, 0.15) is 19.4 Å². The predicted molar refractivity (Wildman–Crippen MR) is 77.3 cm³/mol. The molecule has 6 heteroatoms. The molecule has 0 saturated carbocycles. The van der Waals surface area contributed by atoms with Crippen molar-refractivity contribution >= 4 is 11.6 Å². The molecule has 0 spiro atoms. The quantitative estimate of drug-likeness (QED) is 0.632. The molecule has 0 fully saturated rings. The number of nitro groups is 1. The number of non-ortho nitro benzene ring substituents is 1. The molecule has 0 aliphatic carbocycles. The molecule has 0 atom stereocenters. The average Bonchev–Trinajstić information content (AvgIpc) is 2.38. The Labute approximate surface area is 118 Å². The van der Waals surface area contributed by atoms with Crippen molar-refractivity contribution in [1.82, 2.24) is 4.90 Å². The Bertz CT molecular complexity index is 483. The number of nitro benzene ring substituents is 1. The molecule has 0 aromatic heterocycles. The topological polar surface area (TPSA) is 89.5 Å². The molecular weight excluding hydrogens is 258 g/mol. The van der Waals surface area contributed by atoms with Crippen molar-refractivity contribution in [2.24, 2.45) is 11.1 Å². The van der Waals surface area contributed by atoms with E-state index in [4.69, 9.17) is 5.73 Å². The van der Waals surface area contributed by atoms with Crippen LogP contribution in [-0.2, 0) is 11.2 Å². The third-order valence-corrected chi connectivity index (χ3v) is 3.15. The number of amides is 1. The maximum Gasteiger partial charge on any atom is 0.269 e. The van der Waals surface area contributed by atoms with Crippen LogP contribution in [0.4, 0.5) is 5.69 Å². The van der Waals surface area contributed by atoms with Crippen LogP contribution < -0.4 is 5.73 Å². The van der Waals surface area contributed by atoms with Crippen molar-refractivity contribution in [2.75, 3.05) is 20.1 Å². The van der Waals surface area contributed by atoms with E-state index in [2.05, 4.69) is 0 Å². The second kappa shape index (κ2) is 6.47. The van der Waals surface area contributed by atoms with Crippen molar-refractivity contribution in [2.45, 2.75) is 20.3 Å². The molecule has 0 heterocycles. The van der Waals surface area contributed by atoms with E-state index in [0.29, 0.717) is 13.1 Å². The summed E-state index contributed by atoms with van der Waals surface area (Å²) in [7, 11) is 1.74. The van der Waals surface area contributed by atoms with Gasteiger partial charge in [0.1, 0.15) is 0 Å². The summed E-state index contributed by atoms with van der Waals surface area (Å²) in [5.74, 6) is -0.0274. The molecule has 0 radical (unpaired) electrons. The van der Waals surface area contributed by atoms with Gasteiger partial charge in [-0.25, -0.2) is 0 Å². The number of benzene rings is 1. The summed E-state index contributed by atoms with van der Waals surface area (Å²) < 4.78 is 0. The first-order chi connectivity index (χ1) is 9.25. The third-order valence-electron chi connectivity index (χ3n) is 3.15. The Morgan fingerprint density at radius 3 is 2.35 bits per heavy atom. The van der Waals surface area contributed by atoms with Crippen LogP contribution in [0.5, 0.6) is 0 Å². The molecule has 1 amide bonds. The highest BCUT2D eigenvalue weighted by atomic mass is 16.6. The van der Waals surface area contributed by atoms with E-state index in [-0.39, 0.29) is 23.4 Å². The summed E-state index contributed by atoms with van der Waals surface area (Å²) >= 11 is 0. The van der Waals surface area contributed by atoms with E-state index in [1.807, 2.05) is 13.8 Å². The van der Waals surface area contributed by atoms with Crippen molar-refractivity contribution in [3.8, 4) is 0 Å². The summed E-state index contributed by atoms with van der Waals surface area (Å²) in [6, 6.07) is 6.04. The summed E-state index contributed by atoms with van der Waals surface area (Å²) in [4.78, 5) is 23.8. The van der Waals surface area contributed by atoms with Gasteiger partial charge in [-0.2, -0.15) is 0 Å². The molecule has 1 rings (SSSR count). The minimum Gasteiger partial charge on any atom is -0.345 e. The highest BCUT2D eigenvalue weighted by molar-refractivity contribution is 5.78. The van der Waals surface area contributed by atoms with Gasteiger partial charge in [0.05, 0.1) is 11.3 Å². The van der Waals surface area contributed by atoms with Crippen LogP contribution in [0.3, 0.4) is 0 Å². The molecule has 0 saturated heterocycles. The van der Waals surface area contributed by atoms with Gasteiger partial charge in [-0.05, 0) is 17.5 Å². The lowest BCUT2D eigenvalue weighted by atomic mass is 9.93. The Kier molecular flexibility index (Phi) is 5.21. The second-order valence-corrected chi connectivity index (χ2v) is 5.72. The van der Waals surface area contributed by atoms with E-state index in [1.165, 1.54) is 12.1 Å². The monoisotopic (exact) mass is 279 g/mol. The summed E-state index contributed by atoms with van der Waals surface area (Å²) in [5, 5.41) is 10.6. The molecule has 110 valence electrons. The zero-order chi connectivity index (χ0) is 15.3. The Morgan fingerprint density at radius 1 is 1.35 bits per heavy atom. The van der Waals surface area contributed by atoms with Crippen LogP contribution in [0.25, 0.3) is 0 Å². The zero-order valence-electron chi connectivity index (χ0n) is 12.1. The maximum atomic E-state index is 12.1. The standard InChI is InChI=1S/C14H21N3O3/c1-14(2,9-15)10-16(3)13(18)8-11-4-6-12(7-5-11)17(19)20/h4-7H,8-10,15H2,1-3H3. The fraction of sp³-hybridized carbons (Fsp3) is 0.500. The number of hydrogen-bond acceptors (Lipinski definition) is 4. The second-order valence-electron chi connectivity index (χ2n) is 5.72. The predicted octanol–water partition coefficient (Wildman–Crippen LogP) is 1.58. The Balaban J connectivity index is 2.64. The van der Waals surface area contributed by atoms with Gasteiger partial charge in [-0.15, -0.1) is 0 Å². The lowest BCUT2D eigenvalue weighted by molar-refractivity contribution is -0.384. The number of nitrogens with zero attached hydrogens (tertiary/aromatic N) is 2. The smallest absolute Gasteiger partial charge is 0.269 e. The maximum absolute atomic E-state index is 12.1. The van der Waals surface area contributed by atoms with Gasteiger partial charge in [0.25, 0.3) is 5.69 Å². The van der Waals surface area contributed by atoms with Crippen molar-refractivity contribution in [1.29, 1.82) is 0 Å². The van der Waals surface area contributed by atoms with E-state index >= 15 is 0 Å². The van der Waals surface area contributed by atoms with Crippen molar-refractivity contribution in [3.05, 3.63) is 39.9 Å². The van der Waals surface area contributed by atoms with Gasteiger partial charge in [0.2, 0.25) is 5.91 Å². The zero-order valence-corrected chi connectivity index (χ0v) is 12.1. The molecule has 2 N–H and O–H groups in total. The largest absolute Gasteiger partial charge is 0.345 e. The molecule has 1 aromatic rings. The molecule has 0 bridgehead atoms. The van der Waals surface area contributed by atoms with Gasteiger partial charge < -0.3 is 10.6 Å². The highest BCUT2D eigenvalue weighted by Gasteiger charge is 2.21. The third kappa shape index (κ3) is 4.62. The van der Waals surface area contributed by atoms with E-state index in [1.54, 1.807) is 24.1 Å². The first kappa shape index (κ1) is 16.1. The Hall–Kier alpha value is -1.95. The molecule has 0 aliphatic heterocycles. The van der Waals surface area contributed by atoms with Crippen LogP contribution in [0, 0.1) is 15.5 Å². The van der Waals surface area contributed by atoms with Crippen LogP contribution >= 0.6 is 0 Å². The number of carbonyl (C=O) groups excluding carboxylic acids is 1. The molecule has 1 aromatic carbocycles. The van der Waals surface area contributed by atoms with Crippen LogP contribution in [0.15, 0.2) is 24.3 Å². The molecule has 20 heavy (non-hydrogen) atoms. The first-order valence-electron chi connectivity index (χ1n) is 6.42. The van der Waals surface area contributed by atoms with Gasteiger partial charge in [0, 0.05) is 25.7 Å².